The molecule has 2 rings (SSSR count). The van der Waals surface area contributed by atoms with Crippen LogP contribution < -0.4 is 5.73 Å². The van der Waals surface area contributed by atoms with Crippen LogP contribution in [0.2, 0.25) is 5.02 Å². The van der Waals surface area contributed by atoms with Gasteiger partial charge in [-0.25, -0.2) is 0 Å². The number of hydrogen-bond acceptors (Lipinski definition) is 2. The van der Waals surface area contributed by atoms with Gasteiger partial charge in [-0.05, 0) is 25.1 Å². The lowest BCUT2D eigenvalue weighted by Gasteiger charge is -2.05. The van der Waals surface area contributed by atoms with Crippen LogP contribution in [0.3, 0.4) is 0 Å². The van der Waals surface area contributed by atoms with Crippen LogP contribution in [0.1, 0.15) is 12.6 Å². The van der Waals surface area contributed by atoms with Crippen molar-refractivity contribution >= 4 is 22.5 Å². The Labute approximate surface area is 94.1 Å². The molecule has 1 aromatic carbocycles. The van der Waals surface area contributed by atoms with Gasteiger partial charge in [-0.1, -0.05) is 23.7 Å². The van der Waals surface area contributed by atoms with E-state index in [1.54, 1.807) is 0 Å². The standard InChI is InChI=1S/C12H13ClN2/c1-8(14)6-11-5-3-9-2-4-10(13)7-12(9)15-11/h2-5,7-8H,6,14H2,1H3. The summed E-state index contributed by atoms with van der Waals surface area (Å²) in [5.41, 5.74) is 7.68. The highest BCUT2D eigenvalue weighted by Gasteiger charge is 2.01. The number of hydrogen-bond donors (Lipinski definition) is 1. The second-order valence-electron chi connectivity index (χ2n) is 3.82. The fourth-order valence-corrected chi connectivity index (χ4v) is 1.74. The Hall–Kier alpha value is -1.12. The van der Waals surface area contributed by atoms with Crippen molar-refractivity contribution in [2.24, 2.45) is 5.73 Å². The molecule has 0 aliphatic rings. The van der Waals surface area contributed by atoms with Crippen LogP contribution in [0.25, 0.3) is 10.9 Å². The van der Waals surface area contributed by atoms with E-state index in [4.69, 9.17) is 17.3 Å². The summed E-state index contributed by atoms with van der Waals surface area (Å²) < 4.78 is 0. The first-order valence-electron chi connectivity index (χ1n) is 4.96. The summed E-state index contributed by atoms with van der Waals surface area (Å²) in [5.74, 6) is 0. The van der Waals surface area contributed by atoms with Gasteiger partial charge in [0.25, 0.3) is 0 Å². The highest BCUT2D eigenvalue weighted by molar-refractivity contribution is 6.31. The largest absolute Gasteiger partial charge is 0.328 e. The van der Waals surface area contributed by atoms with Crippen molar-refractivity contribution in [1.82, 2.24) is 4.98 Å². The molecule has 3 heteroatoms. The third-order valence-corrected chi connectivity index (χ3v) is 2.48. The van der Waals surface area contributed by atoms with E-state index < -0.39 is 0 Å². The van der Waals surface area contributed by atoms with Gasteiger partial charge in [-0.3, -0.25) is 4.98 Å². The van der Waals surface area contributed by atoms with Crippen LogP contribution in [-0.4, -0.2) is 11.0 Å². The number of benzene rings is 1. The Balaban J connectivity index is 2.45. The van der Waals surface area contributed by atoms with E-state index in [1.807, 2.05) is 31.2 Å². The normalized spacial score (nSPS) is 13.0. The molecule has 78 valence electrons. The van der Waals surface area contributed by atoms with Crippen LogP contribution in [0.5, 0.6) is 0 Å². The molecule has 1 heterocycles. The molecule has 2 N–H and O–H groups in total. The number of pyridine rings is 1. The summed E-state index contributed by atoms with van der Waals surface area (Å²) in [5, 5.41) is 1.82. The second-order valence-corrected chi connectivity index (χ2v) is 4.26. The van der Waals surface area contributed by atoms with E-state index in [1.165, 1.54) is 0 Å². The zero-order valence-corrected chi connectivity index (χ0v) is 9.33. The topological polar surface area (TPSA) is 38.9 Å². The Morgan fingerprint density at radius 3 is 2.80 bits per heavy atom. The minimum absolute atomic E-state index is 0.133. The maximum Gasteiger partial charge on any atom is 0.0720 e. The first kappa shape index (κ1) is 10.4. The molecule has 1 unspecified atom stereocenters. The molecule has 0 amide bonds. The molecule has 2 aromatic rings. The lowest BCUT2D eigenvalue weighted by Crippen LogP contribution is -2.18. The highest BCUT2D eigenvalue weighted by atomic mass is 35.5. The summed E-state index contributed by atoms with van der Waals surface area (Å²) in [4.78, 5) is 4.51. The lowest BCUT2D eigenvalue weighted by atomic mass is 10.1. The van der Waals surface area contributed by atoms with Gasteiger partial charge in [-0.15, -0.1) is 0 Å². The molecule has 1 aromatic heterocycles. The van der Waals surface area contributed by atoms with Crippen LogP contribution in [0.15, 0.2) is 30.3 Å². The smallest absolute Gasteiger partial charge is 0.0720 e. The van der Waals surface area contributed by atoms with E-state index >= 15 is 0 Å². The third-order valence-electron chi connectivity index (χ3n) is 2.24. The zero-order valence-electron chi connectivity index (χ0n) is 8.57. The molecule has 15 heavy (non-hydrogen) atoms. The number of rotatable bonds is 2. The maximum atomic E-state index is 5.91. The van der Waals surface area contributed by atoms with Crippen molar-refractivity contribution < 1.29 is 0 Å². The number of fused-ring (bicyclic) bond motifs is 1. The molecular weight excluding hydrogens is 208 g/mol. The van der Waals surface area contributed by atoms with Gasteiger partial charge in [0, 0.05) is 28.6 Å². The Kier molecular flexibility index (Phi) is 2.89. The van der Waals surface area contributed by atoms with E-state index in [-0.39, 0.29) is 6.04 Å². The fraction of sp³-hybridized carbons (Fsp3) is 0.250. The molecule has 0 aliphatic heterocycles. The average molecular weight is 221 g/mol. The molecule has 0 spiro atoms. The predicted octanol–water partition coefficient (Wildman–Crippen LogP) is 2.78. The van der Waals surface area contributed by atoms with Crippen molar-refractivity contribution in [3.05, 3.63) is 41.0 Å². The number of halogens is 1. The highest BCUT2D eigenvalue weighted by Crippen LogP contribution is 2.18. The average Bonchev–Trinajstić information content (AvgIpc) is 2.16. The first-order chi connectivity index (χ1) is 7.15. The third kappa shape index (κ3) is 2.46. The van der Waals surface area contributed by atoms with Crippen molar-refractivity contribution in [2.75, 3.05) is 0 Å². The van der Waals surface area contributed by atoms with Gasteiger partial charge >= 0.3 is 0 Å². The summed E-state index contributed by atoms with van der Waals surface area (Å²) in [6.45, 7) is 1.98. The summed E-state index contributed by atoms with van der Waals surface area (Å²) in [7, 11) is 0. The van der Waals surface area contributed by atoms with Crippen LogP contribution in [0, 0.1) is 0 Å². The quantitative estimate of drug-likeness (QED) is 0.846. The molecule has 1 atom stereocenters. The molecule has 0 bridgehead atoms. The minimum atomic E-state index is 0.133. The first-order valence-corrected chi connectivity index (χ1v) is 5.34. The summed E-state index contributed by atoms with van der Waals surface area (Å²) >= 11 is 5.91. The van der Waals surface area contributed by atoms with E-state index in [0.29, 0.717) is 5.02 Å². The van der Waals surface area contributed by atoms with Gasteiger partial charge in [0.2, 0.25) is 0 Å². The van der Waals surface area contributed by atoms with E-state index in [2.05, 4.69) is 11.1 Å². The van der Waals surface area contributed by atoms with Crippen LogP contribution >= 0.6 is 11.6 Å². The Morgan fingerprint density at radius 2 is 2.07 bits per heavy atom. The monoisotopic (exact) mass is 220 g/mol. The minimum Gasteiger partial charge on any atom is -0.328 e. The van der Waals surface area contributed by atoms with Gasteiger partial charge in [-0.2, -0.15) is 0 Å². The van der Waals surface area contributed by atoms with Crippen molar-refractivity contribution in [1.29, 1.82) is 0 Å². The predicted molar refractivity (Wildman–Crippen MR) is 64.1 cm³/mol. The zero-order chi connectivity index (χ0) is 10.8. The molecular formula is C12H13ClN2. The number of nitrogens with zero attached hydrogens (tertiary/aromatic N) is 1. The van der Waals surface area contributed by atoms with Gasteiger partial charge in [0.05, 0.1) is 5.52 Å². The summed E-state index contributed by atoms with van der Waals surface area (Å²) in [6, 6.07) is 9.92. The number of aromatic nitrogens is 1. The molecule has 0 saturated carbocycles. The SMILES string of the molecule is CC(N)Cc1ccc2ccc(Cl)cc2n1. The maximum absolute atomic E-state index is 5.91. The molecule has 0 fully saturated rings. The van der Waals surface area contributed by atoms with E-state index in [9.17, 15) is 0 Å². The number of nitrogens with two attached hydrogens (primary N) is 1. The second kappa shape index (κ2) is 4.17. The van der Waals surface area contributed by atoms with Crippen molar-refractivity contribution in [3.8, 4) is 0 Å². The van der Waals surface area contributed by atoms with Gasteiger partial charge in [0.1, 0.15) is 0 Å². The van der Waals surface area contributed by atoms with Gasteiger partial charge in [0.15, 0.2) is 0 Å². The van der Waals surface area contributed by atoms with Crippen LogP contribution in [0.4, 0.5) is 0 Å². The molecule has 0 radical (unpaired) electrons. The fourth-order valence-electron chi connectivity index (χ4n) is 1.58. The van der Waals surface area contributed by atoms with Crippen molar-refractivity contribution in [2.45, 2.75) is 19.4 Å². The molecule has 2 nitrogen and oxygen atoms in total. The molecule has 0 aliphatic carbocycles. The lowest BCUT2D eigenvalue weighted by molar-refractivity contribution is 0.725. The summed E-state index contributed by atoms with van der Waals surface area (Å²) in [6.07, 6.45) is 0.794. The Bertz CT molecular complexity index is 480. The van der Waals surface area contributed by atoms with Crippen molar-refractivity contribution in [3.63, 3.8) is 0 Å². The van der Waals surface area contributed by atoms with Crippen LogP contribution in [-0.2, 0) is 6.42 Å². The van der Waals surface area contributed by atoms with E-state index in [0.717, 1.165) is 23.0 Å². The van der Waals surface area contributed by atoms with Gasteiger partial charge < -0.3 is 5.73 Å². The Morgan fingerprint density at radius 1 is 1.33 bits per heavy atom. The molecule has 0 saturated heterocycles.